The van der Waals surface area contributed by atoms with Crippen molar-refractivity contribution in [1.82, 2.24) is 25.3 Å². The molecule has 3 aromatic rings. The van der Waals surface area contributed by atoms with Gasteiger partial charge in [0.2, 0.25) is 0 Å². The number of aromatic amines is 1. The number of rotatable bonds is 6. The number of amides is 1. The lowest BCUT2D eigenvalue weighted by molar-refractivity contribution is 0.0935. The Balaban J connectivity index is 1.65. The Labute approximate surface area is 146 Å². The summed E-state index contributed by atoms with van der Waals surface area (Å²) in [7, 11) is 3.48. The molecule has 130 valence electrons. The van der Waals surface area contributed by atoms with Crippen LogP contribution in [0.5, 0.6) is 5.75 Å². The van der Waals surface area contributed by atoms with Crippen molar-refractivity contribution in [2.24, 2.45) is 7.05 Å². The van der Waals surface area contributed by atoms with E-state index in [1.807, 2.05) is 44.4 Å². The fourth-order valence-electron chi connectivity index (χ4n) is 2.69. The van der Waals surface area contributed by atoms with Gasteiger partial charge < -0.3 is 10.1 Å². The minimum Gasteiger partial charge on any atom is -0.496 e. The Morgan fingerprint density at radius 3 is 2.92 bits per heavy atom. The van der Waals surface area contributed by atoms with Crippen LogP contribution in [0.2, 0.25) is 0 Å². The van der Waals surface area contributed by atoms with Crippen LogP contribution in [-0.2, 0) is 13.5 Å². The average molecular weight is 339 g/mol. The summed E-state index contributed by atoms with van der Waals surface area (Å²) in [6.45, 7) is 1.96. The number of H-pyrrole nitrogens is 1. The van der Waals surface area contributed by atoms with E-state index in [1.54, 1.807) is 24.1 Å². The molecule has 0 aliphatic heterocycles. The van der Waals surface area contributed by atoms with E-state index in [1.165, 1.54) is 0 Å². The van der Waals surface area contributed by atoms with Gasteiger partial charge in [0, 0.05) is 24.8 Å². The molecule has 0 unspecified atom stereocenters. The quantitative estimate of drug-likeness (QED) is 0.721. The SMILES string of the molecule is COc1ccccc1C[C@H](C)NC(=O)c1cc(-c2cnn(C)c2)n[nH]1. The number of nitrogens with one attached hydrogen (secondary N) is 2. The van der Waals surface area contributed by atoms with E-state index >= 15 is 0 Å². The molecule has 0 saturated heterocycles. The summed E-state index contributed by atoms with van der Waals surface area (Å²) in [5.74, 6) is 0.633. The summed E-state index contributed by atoms with van der Waals surface area (Å²) >= 11 is 0. The minimum atomic E-state index is -0.190. The van der Waals surface area contributed by atoms with Crippen LogP contribution in [0.25, 0.3) is 11.3 Å². The Bertz CT molecular complexity index is 868. The first-order valence-electron chi connectivity index (χ1n) is 8.04. The van der Waals surface area contributed by atoms with Gasteiger partial charge in [-0.05, 0) is 31.0 Å². The summed E-state index contributed by atoms with van der Waals surface area (Å²) in [4.78, 5) is 12.4. The second kappa shape index (κ2) is 7.21. The fourth-order valence-corrected chi connectivity index (χ4v) is 2.69. The number of aromatic nitrogens is 4. The monoisotopic (exact) mass is 339 g/mol. The van der Waals surface area contributed by atoms with Crippen molar-refractivity contribution >= 4 is 5.91 Å². The van der Waals surface area contributed by atoms with Gasteiger partial charge in [0.25, 0.3) is 5.91 Å². The zero-order valence-electron chi connectivity index (χ0n) is 14.5. The molecule has 1 amide bonds. The van der Waals surface area contributed by atoms with E-state index in [9.17, 15) is 4.79 Å². The maximum absolute atomic E-state index is 12.4. The normalized spacial score (nSPS) is 12.0. The minimum absolute atomic E-state index is 0.0473. The van der Waals surface area contributed by atoms with Crippen molar-refractivity contribution < 1.29 is 9.53 Å². The van der Waals surface area contributed by atoms with E-state index in [2.05, 4.69) is 20.6 Å². The molecule has 1 atom stereocenters. The van der Waals surface area contributed by atoms with E-state index in [4.69, 9.17) is 4.74 Å². The van der Waals surface area contributed by atoms with Crippen LogP contribution in [0.3, 0.4) is 0 Å². The Morgan fingerprint density at radius 1 is 1.40 bits per heavy atom. The fraction of sp³-hybridized carbons (Fsp3) is 0.278. The first kappa shape index (κ1) is 16.8. The number of nitrogens with zero attached hydrogens (tertiary/aromatic N) is 3. The van der Waals surface area contributed by atoms with Crippen molar-refractivity contribution in [3.8, 4) is 17.0 Å². The van der Waals surface area contributed by atoms with Crippen molar-refractivity contribution in [1.29, 1.82) is 0 Å². The lowest BCUT2D eigenvalue weighted by Crippen LogP contribution is -2.34. The van der Waals surface area contributed by atoms with Gasteiger partial charge in [-0.1, -0.05) is 18.2 Å². The Morgan fingerprint density at radius 2 is 2.20 bits per heavy atom. The van der Waals surface area contributed by atoms with Crippen molar-refractivity contribution in [2.45, 2.75) is 19.4 Å². The van der Waals surface area contributed by atoms with Crippen LogP contribution >= 0.6 is 0 Å². The largest absolute Gasteiger partial charge is 0.496 e. The van der Waals surface area contributed by atoms with Gasteiger partial charge in [0.15, 0.2) is 0 Å². The van der Waals surface area contributed by atoms with Gasteiger partial charge in [-0.3, -0.25) is 14.6 Å². The number of benzene rings is 1. The third-order valence-electron chi connectivity index (χ3n) is 3.92. The molecule has 7 nitrogen and oxygen atoms in total. The molecule has 2 aromatic heterocycles. The van der Waals surface area contributed by atoms with E-state index < -0.39 is 0 Å². The van der Waals surface area contributed by atoms with E-state index in [-0.39, 0.29) is 11.9 Å². The summed E-state index contributed by atoms with van der Waals surface area (Å²) in [5, 5.41) is 14.1. The molecule has 0 saturated carbocycles. The topological polar surface area (TPSA) is 84.8 Å². The lowest BCUT2D eigenvalue weighted by atomic mass is 10.1. The van der Waals surface area contributed by atoms with Gasteiger partial charge in [0.1, 0.15) is 11.4 Å². The highest BCUT2D eigenvalue weighted by atomic mass is 16.5. The Hall–Kier alpha value is -3.09. The van der Waals surface area contributed by atoms with Crippen LogP contribution in [0.4, 0.5) is 0 Å². The van der Waals surface area contributed by atoms with Gasteiger partial charge in [-0.15, -0.1) is 0 Å². The molecule has 3 rings (SSSR count). The van der Waals surface area contributed by atoms with Crippen LogP contribution in [0.1, 0.15) is 23.0 Å². The highest BCUT2D eigenvalue weighted by Crippen LogP contribution is 2.19. The number of hydrogen-bond acceptors (Lipinski definition) is 4. The number of hydrogen-bond donors (Lipinski definition) is 2. The predicted molar refractivity (Wildman–Crippen MR) is 94.4 cm³/mol. The van der Waals surface area contributed by atoms with E-state index in [0.29, 0.717) is 17.8 Å². The first-order valence-corrected chi connectivity index (χ1v) is 8.04. The number of ether oxygens (including phenoxy) is 1. The third kappa shape index (κ3) is 3.88. The van der Waals surface area contributed by atoms with Crippen LogP contribution in [-0.4, -0.2) is 39.0 Å². The number of aryl methyl sites for hydroxylation is 1. The molecular weight excluding hydrogens is 318 g/mol. The lowest BCUT2D eigenvalue weighted by Gasteiger charge is -2.15. The number of para-hydroxylation sites is 1. The molecule has 25 heavy (non-hydrogen) atoms. The standard InChI is InChI=1S/C18H21N5O2/c1-12(8-13-6-4-5-7-17(13)25-3)20-18(24)16-9-15(21-22-16)14-10-19-23(2)11-14/h4-7,9-12H,8H2,1-3H3,(H,20,24)(H,21,22)/t12-/m0/s1. The molecule has 0 aliphatic carbocycles. The van der Waals surface area contributed by atoms with Crippen LogP contribution in [0.15, 0.2) is 42.7 Å². The number of carbonyl (C=O) groups is 1. The molecule has 7 heteroatoms. The highest BCUT2D eigenvalue weighted by Gasteiger charge is 2.15. The van der Waals surface area contributed by atoms with Crippen molar-refractivity contribution in [3.63, 3.8) is 0 Å². The molecule has 0 bridgehead atoms. The molecule has 0 spiro atoms. The molecule has 2 heterocycles. The molecule has 0 radical (unpaired) electrons. The third-order valence-corrected chi connectivity index (χ3v) is 3.92. The van der Waals surface area contributed by atoms with Gasteiger partial charge >= 0.3 is 0 Å². The van der Waals surface area contributed by atoms with Crippen LogP contribution < -0.4 is 10.1 Å². The smallest absolute Gasteiger partial charge is 0.269 e. The first-order chi connectivity index (χ1) is 12.1. The molecule has 2 N–H and O–H groups in total. The zero-order chi connectivity index (χ0) is 17.8. The summed E-state index contributed by atoms with van der Waals surface area (Å²) in [5.41, 5.74) is 3.03. The molecular formula is C18H21N5O2. The van der Waals surface area contributed by atoms with E-state index in [0.717, 1.165) is 16.9 Å². The molecule has 0 aliphatic rings. The van der Waals surface area contributed by atoms with Crippen molar-refractivity contribution in [2.75, 3.05) is 7.11 Å². The molecule has 0 fully saturated rings. The van der Waals surface area contributed by atoms with Gasteiger partial charge in [-0.25, -0.2) is 0 Å². The second-order valence-electron chi connectivity index (χ2n) is 5.96. The Kier molecular flexibility index (Phi) is 4.83. The van der Waals surface area contributed by atoms with Crippen molar-refractivity contribution in [3.05, 3.63) is 54.0 Å². The summed E-state index contributed by atoms with van der Waals surface area (Å²) < 4.78 is 7.05. The van der Waals surface area contributed by atoms with Crippen LogP contribution in [0, 0.1) is 0 Å². The van der Waals surface area contributed by atoms with Gasteiger partial charge in [-0.2, -0.15) is 10.2 Å². The average Bonchev–Trinajstić information content (AvgIpc) is 3.24. The molecule has 1 aromatic carbocycles. The summed E-state index contributed by atoms with van der Waals surface area (Å²) in [6, 6.07) is 9.48. The second-order valence-corrected chi connectivity index (χ2v) is 5.96. The number of methoxy groups -OCH3 is 1. The number of carbonyl (C=O) groups excluding carboxylic acids is 1. The zero-order valence-corrected chi connectivity index (χ0v) is 14.5. The maximum atomic E-state index is 12.4. The summed E-state index contributed by atoms with van der Waals surface area (Å²) in [6.07, 6.45) is 4.24. The maximum Gasteiger partial charge on any atom is 0.269 e. The highest BCUT2D eigenvalue weighted by molar-refractivity contribution is 5.93. The predicted octanol–water partition coefficient (Wildman–Crippen LogP) is 2.18. The van der Waals surface area contributed by atoms with Gasteiger partial charge in [0.05, 0.1) is 19.0 Å².